The molecule has 0 saturated heterocycles. The summed E-state index contributed by atoms with van der Waals surface area (Å²) in [5, 5.41) is 10.4. The van der Waals surface area contributed by atoms with Gasteiger partial charge in [0.1, 0.15) is 17.6 Å². The molecule has 102 valence electrons. The van der Waals surface area contributed by atoms with Gasteiger partial charge in [0.25, 0.3) is 0 Å². The van der Waals surface area contributed by atoms with Crippen molar-refractivity contribution in [2.45, 2.75) is 32.5 Å². The van der Waals surface area contributed by atoms with Crippen LogP contribution >= 0.6 is 0 Å². The number of hydrogen-bond acceptors (Lipinski definition) is 4. The van der Waals surface area contributed by atoms with Crippen LogP contribution in [-0.4, -0.2) is 31.5 Å². The highest BCUT2D eigenvalue weighted by atomic mass is 16.5. The lowest BCUT2D eigenvalue weighted by molar-refractivity contribution is -0.0989. The van der Waals surface area contributed by atoms with Crippen molar-refractivity contribution >= 4 is 0 Å². The number of hydrogen-bond donors (Lipinski definition) is 1. The highest BCUT2D eigenvalue weighted by Crippen LogP contribution is 2.36. The molecule has 4 nitrogen and oxygen atoms in total. The Hall–Kier alpha value is -1.26. The molecule has 0 aliphatic carbocycles. The van der Waals surface area contributed by atoms with Crippen LogP contribution in [0.1, 0.15) is 32.4 Å². The summed E-state index contributed by atoms with van der Waals surface area (Å²) in [6.45, 7) is 6.15. The molecule has 1 N–H and O–H groups in total. The summed E-state index contributed by atoms with van der Waals surface area (Å²) in [6, 6.07) is 5.34. The molecule has 1 atom stereocenters. The van der Waals surface area contributed by atoms with E-state index in [-0.39, 0.29) is 0 Å². The van der Waals surface area contributed by atoms with Gasteiger partial charge in [0, 0.05) is 18.2 Å². The SMILES string of the molecule is CCOC(C)(C)C(O)c1ccc(OC)cc1OC. The Kier molecular flexibility index (Phi) is 4.99. The zero-order valence-electron chi connectivity index (χ0n) is 11.7. The average molecular weight is 254 g/mol. The van der Waals surface area contributed by atoms with Gasteiger partial charge < -0.3 is 19.3 Å². The fourth-order valence-corrected chi connectivity index (χ4v) is 1.87. The van der Waals surface area contributed by atoms with Crippen LogP contribution in [0, 0.1) is 0 Å². The molecule has 4 heteroatoms. The fourth-order valence-electron chi connectivity index (χ4n) is 1.87. The van der Waals surface area contributed by atoms with Gasteiger partial charge >= 0.3 is 0 Å². The van der Waals surface area contributed by atoms with Crippen LogP contribution in [0.5, 0.6) is 11.5 Å². The Bertz CT molecular complexity index is 387. The van der Waals surface area contributed by atoms with E-state index in [1.54, 1.807) is 32.4 Å². The molecule has 0 amide bonds. The summed E-state index contributed by atoms with van der Waals surface area (Å²) in [5.74, 6) is 1.28. The van der Waals surface area contributed by atoms with Crippen molar-refractivity contribution in [2.24, 2.45) is 0 Å². The van der Waals surface area contributed by atoms with Gasteiger partial charge in [0.05, 0.1) is 19.8 Å². The summed E-state index contributed by atoms with van der Waals surface area (Å²) in [4.78, 5) is 0. The molecule has 0 aromatic heterocycles. The summed E-state index contributed by atoms with van der Waals surface area (Å²) in [7, 11) is 3.16. The molecular weight excluding hydrogens is 232 g/mol. The van der Waals surface area contributed by atoms with Gasteiger partial charge in [0.2, 0.25) is 0 Å². The third-order valence-corrected chi connectivity index (χ3v) is 2.91. The van der Waals surface area contributed by atoms with Gasteiger partial charge in [-0.3, -0.25) is 0 Å². The maximum absolute atomic E-state index is 10.4. The molecule has 0 saturated carbocycles. The third-order valence-electron chi connectivity index (χ3n) is 2.91. The first-order valence-electron chi connectivity index (χ1n) is 6.00. The van der Waals surface area contributed by atoms with Crippen LogP contribution in [0.2, 0.25) is 0 Å². The van der Waals surface area contributed by atoms with E-state index in [1.165, 1.54) is 0 Å². The van der Waals surface area contributed by atoms with Crippen molar-refractivity contribution in [3.63, 3.8) is 0 Å². The largest absolute Gasteiger partial charge is 0.497 e. The second kappa shape index (κ2) is 6.07. The summed E-state index contributed by atoms with van der Waals surface area (Å²) in [5.41, 5.74) is 0.0214. The van der Waals surface area contributed by atoms with Crippen molar-refractivity contribution in [3.05, 3.63) is 23.8 Å². The van der Waals surface area contributed by atoms with E-state index in [2.05, 4.69) is 0 Å². The number of ether oxygens (including phenoxy) is 3. The Morgan fingerprint density at radius 1 is 1.22 bits per heavy atom. The van der Waals surface area contributed by atoms with Crippen molar-refractivity contribution in [1.29, 1.82) is 0 Å². The number of benzene rings is 1. The Morgan fingerprint density at radius 3 is 2.39 bits per heavy atom. The Labute approximate surface area is 108 Å². The summed E-state index contributed by atoms with van der Waals surface area (Å²) < 4.78 is 16.0. The van der Waals surface area contributed by atoms with Crippen LogP contribution in [0.25, 0.3) is 0 Å². The van der Waals surface area contributed by atoms with Gasteiger partial charge in [-0.05, 0) is 32.9 Å². The Balaban J connectivity index is 3.08. The van der Waals surface area contributed by atoms with Gasteiger partial charge in [-0.25, -0.2) is 0 Å². The number of rotatable bonds is 6. The lowest BCUT2D eigenvalue weighted by Gasteiger charge is -2.31. The molecule has 1 rings (SSSR count). The minimum atomic E-state index is -0.765. The van der Waals surface area contributed by atoms with Crippen LogP contribution in [-0.2, 0) is 4.74 Å². The van der Waals surface area contributed by atoms with Crippen LogP contribution < -0.4 is 9.47 Å². The van der Waals surface area contributed by atoms with Gasteiger partial charge in [-0.15, -0.1) is 0 Å². The van der Waals surface area contributed by atoms with Crippen molar-refractivity contribution in [1.82, 2.24) is 0 Å². The second-order valence-corrected chi connectivity index (χ2v) is 4.55. The first-order chi connectivity index (χ1) is 8.46. The topological polar surface area (TPSA) is 47.9 Å². The van der Waals surface area contributed by atoms with Crippen LogP contribution in [0.15, 0.2) is 18.2 Å². The monoisotopic (exact) mass is 254 g/mol. The molecule has 1 aromatic rings. The highest BCUT2D eigenvalue weighted by Gasteiger charge is 2.31. The quantitative estimate of drug-likeness (QED) is 0.847. The minimum Gasteiger partial charge on any atom is -0.497 e. The predicted octanol–water partition coefficient (Wildman–Crippen LogP) is 2.55. The van der Waals surface area contributed by atoms with E-state index < -0.39 is 11.7 Å². The Morgan fingerprint density at radius 2 is 1.89 bits per heavy atom. The van der Waals surface area contributed by atoms with Crippen molar-refractivity contribution in [3.8, 4) is 11.5 Å². The smallest absolute Gasteiger partial charge is 0.128 e. The third kappa shape index (κ3) is 3.15. The van der Waals surface area contributed by atoms with Crippen LogP contribution in [0.4, 0.5) is 0 Å². The fraction of sp³-hybridized carbons (Fsp3) is 0.571. The standard InChI is InChI=1S/C14H22O4/c1-6-18-14(2,3)13(15)11-8-7-10(16-4)9-12(11)17-5/h7-9,13,15H,6H2,1-5H3. The van der Waals surface area contributed by atoms with E-state index in [9.17, 15) is 5.11 Å². The number of methoxy groups -OCH3 is 2. The molecule has 1 aromatic carbocycles. The molecule has 0 aliphatic rings. The van der Waals surface area contributed by atoms with E-state index >= 15 is 0 Å². The predicted molar refractivity (Wildman–Crippen MR) is 70.2 cm³/mol. The maximum atomic E-state index is 10.4. The minimum absolute atomic E-state index is 0.544. The normalized spacial score (nSPS) is 13.2. The van der Waals surface area contributed by atoms with Crippen molar-refractivity contribution in [2.75, 3.05) is 20.8 Å². The molecule has 1 unspecified atom stereocenters. The van der Waals surface area contributed by atoms with E-state index in [0.717, 1.165) is 0 Å². The molecular formula is C14H22O4. The highest BCUT2D eigenvalue weighted by molar-refractivity contribution is 5.42. The lowest BCUT2D eigenvalue weighted by atomic mass is 9.93. The molecule has 0 aliphatic heterocycles. The number of aliphatic hydroxyl groups is 1. The second-order valence-electron chi connectivity index (χ2n) is 4.55. The van der Waals surface area contributed by atoms with Crippen LogP contribution in [0.3, 0.4) is 0 Å². The average Bonchev–Trinajstić information content (AvgIpc) is 2.37. The zero-order chi connectivity index (χ0) is 13.8. The maximum Gasteiger partial charge on any atom is 0.128 e. The molecule has 18 heavy (non-hydrogen) atoms. The molecule has 0 radical (unpaired) electrons. The number of aliphatic hydroxyl groups excluding tert-OH is 1. The first kappa shape index (κ1) is 14.8. The molecule has 0 fully saturated rings. The van der Waals surface area contributed by atoms with Gasteiger partial charge in [-0.1, -0.05) is 0 Å². The lowest BCUT2D eigenvalue weighted by Crippen LogP contribution is -2.33. The van der Waals surface area contributed by atoms with E-state index in [1.807, 2.05) is 20.8 Å². The molecule has 0 spiro atoms. The zero-order valence-corrected chi connectivity index (χ0v) is 11.7. The first-order valence-corrected chi connectivity index (χ1v) is 6.00. The van der Waals surface area contributed by atoms with E-state index in [4.69, 9.17) is 14.2 Å². The summed E-state index contributed by atoms with van der Waals surface area (Å²) >= 11 is 0. The van der Waals surface area contributed by atoms with E-state index in [0.29, 0.717) is 23.7 Å². The summed E-state index contributed by atoms with van der Waals surface area (Å²) in [6.07, 6.45) is -0.765. The molecule has 0 heterocycles. The van der Waals surface area contributed by atoms with Crippen molar-refractivity contribution < 1.29 is 19.3 Å². The van der Waals surface area contributed by atoms with Gasteiger partial charge in [-0.2, -0.15) is 0 Å². The molecule has 0 bridgehead atoms. The van der Waals surface area contributed by atoms with Gasteiger partial charge in [0.15, 0.2) is 0 Å².